The molecule has 0 atom stereocenters. The Balaban J connectivity index is 2.42. The Kier molecular flexibility index (Phi) is 5.99. The second-order valence-corrected chi connectivity index (χ2v) is 5.70. The first-order valence-electron chi connectivity index (χ1n) is 6.71. The highest BCUT2D eigenvalue weighted by Crippen LogP contribution is 2.37. The van der Waals surface area contributed by atoms with Gasteiger partial charge in [0, 0.05) is 0 Å². The maximum atomic E-state index is 13.0. The normalized spacial score (nSPS) is 11.5. The zero-order valence-corrected chi connectivity index (χ0v) is 14.5. The van der Waals surface area contributed by atoms with Crippen molar-refractivity contribution < 1.29 is 14.3 Å². The molecule has 1 aromatic heterocycles. The molecular weight excluding hydrogens is 380 g/mol. The molecule has 0 aliphatic rings. The maximum absolute atomic E-state index is 13.0. The third kappa shape index (κ3) is 3.95. The first-order chi connectivity index (χ1) is 11.3. The minimum absolute atomic E-state index is 0.0313. The first-order valence-corrected chi connectivity index (χ1v) is 7.84. The van der Waals surface area contributed by atoms with Gasteiger partial charge in [-0.05, 0) is 24.1 Å². The van der Waals surface area contributed by atoms with Crippen molar-refractivity contribution in [3.63, 3.8) is 0 Å². The standard InChI is InChI=1S/C15H11Cl3FN3O2/c1-2-9(7-3-5-8(19)6-4-7)21-22-12-10(16)13(15(23)24)20-14(18)11(12)17/h3-6H,2H2,1H3,(H,20,22)(H,23,24)/b21-9-. The fourth-order valence-corrected chi connectivity index (χ4v) is 2.53. The lowest BCUT2D eigenvalue weighted by Crippen LogP contribution is -2.07. The highest BCUT2D eigenvalue weighted by Gasteiger charge is 2.20. The lowest BCUT2D eigenvalue weighted by atomic mass is 10.1. The van der Waals surface area contributed by atoms with Crippen LogP contribution < -0.4 is 5.43 Å². The van der Waals surface area contributed by atoms with E-state index in [1.807, 2.05) is 6.92 Å². The minimum atomic E-state index is -1.35. The van der Waals surface area contributed by atoms with Crippen LogP contribution in [0.5, 0.6) is 0 Å². The Hall–Kier alpha value is -1.89. The van der Waals surface area contributed by atoms with Gasteiger partial charge >= 0.3 is 5.97 Å². The van der Waals surface area contributed by atoms with Gasteiger partial charge in [0.05, 0.1) is 11.4 Å². The quantitative estimate of drug-likeness (QED) is 0.423. The van der Waals surface area contributed by atoms with Gasteiger partial charge < -0.3 is 5.11 Å². The number of carbonyl (C=O) groups is 1. The lowest BCUT2D eigenvalue weighted by molar-refractivity contribution is 0.0691. The molecule has 0 saturated carbocycles. The molecule has 1 heterocycles. The average molecular weight is 391 g/mol. The van der Waals surface area contributed by atoms with Crippen molar-refractivity contribution in [2.45, 2.75) is 13.3 Å². The highest BCUT2D eigenvalue weighted by molar-refractivity contribution is 6.46. The molecule has 2 aromatic rings. The highest BCUT2D eigenvalue weighted by atomic mass is 35.5. The molecule has 1 aromatic carbocycles. The SMILES string of the molecule is CC/C(=N/Nc1c(Cl)c(Cl)nc(C(=O)O)c1Cl)c1ccc(F)cc1. The van der Waals surface area contributed by atoms with E-state index in [0.29, 0.717) is 17.7 Å². The summed E-state index contributed by atoms with van der Waals surface area (Å²) < 4.78 is 13.0. The molecule has 0 fully saturated rings. The van der Waals surface area contributed by atoms with Gasteiger partial charge in [0.15, 0.2) is 10.8 Å². The van der Waals surface area contributed by atoms with Crippen LogP contribution >= 0.6 is 34.8 Å². The Bertz CT molecular complexity index is 811. The third-order valence-corrected chi connectivity index (χ3v) is 4.16. The van der Waals surface area contributed by atoms with Gasteiger partial charge in [-0.15, -0.1) is 0 Å². The van der Waals surface area contributed by atoms with E-state index in [1.165, 1.54) is 12.1 Å². The van der Waals surface area contributed by atoms with Crippen LogP contribution in [-0.2, 0) is 0 Å². The molecule has 5 nitrogen and oxygen atoms in total. The van der Waals surface area contributed by atoms with Gasteiger partial charge in [0.2, 0.25) is 0 Å². The molecule has 0 spiro atoms. The predicted octanol–water partition coefficient (Wildman–Crippen LogP) is 5.11. The van der Waals surface area contributed by atoms with Crippen molar-refractivity contribution >= 4 is 52.2 Å². The molecule has 126 valence electrons. The Labute approximate surface area is 152 Å². The summed E-state index contributed by atoms with van der Waals surface area (Å²) in [7, 11) is 0. The van der Waals surface area contributed by atoms with Crippen LogP contribution in [0, 0.1) is 5.82 Å². The van der Waals surface area contributed by atoms with Gasteiger partial charge in [-0.2, -0.15) is 5.10 Å². The van der Waals surface area contributed by atoms with E-state index in [2.05, 4.69) is 15.5 Å². The molecule has 0 aliphatic heterocycles. The molecule has 9 heteroatoms. The number of nitrogens with zero attached hydrogens (tertiary/aromatic N) is 2. The van der Waals surface area contributed by atoms with Gasteiger partial charge in [0.1, 0.15) is 15.9 Å². The van der Waals surface area contributed by atoms with Crippen LogP contribution in [0.1, 0.15) is 29.4 Å². The number of aromatic nitrogens is 1. The van der Waals surface area contributed by atoms with Crippen LogP contribution in [0.4, 0.5) is 10.1 Å². The summed E-state index contributed by atoms with van der Waals surface area (Å²) in [4.78, 5) is 14.8. The van der Waals surface area contributed by atoms with Crippen LogP contribution in [0.3, 0.4) is 0 Å². The summed E-state index contributed by atoms with van der Waals surface area (Å²) in [6, 6.07) is 5.77. The molecule has 0 amide bonds. The van der Waals surface area contributed by atoms with Crippen molar-refractivity contribution in [2.75, 3.05) is 5.43 Å². The van der Waals surface area contributed by atoms with Crippen molar-refractivity contribution in [1.29, 1.82) is 0 Å². The molecule has 2 rings (SSSR count). The summed E-state index contributed by atoms with van der Waals surface area (Å²) in [5.74, 6) is -1.71. The monoisotopic (exact) mass is 389 g/mol. The van der Waals surface area contributed by atoms with Gasteiger partial charge in [-0.3, -0.25) is 5.43 Å². The fourth-order valence-electron chi connectivity index (χ4n) is 1.87. The third-order valence-electron chi connectivity index (χ3n) is 3.06. The van der Waals surface area contributed by atoms with E-state index in [9.17, 15) is 9.18 Å². The number of benzene rings is 1. The van der Waals surface area contributed by atoms with Gasteiger partial charge in [-0.25, -0.2) is 14.2 Å². The number of anilines is 1. The van der Waals surface area contributed by atoms with Crippen molar-refractivity contribution in [3.8, 4) is 0 Å². The Morgan fingerprint density at radius 1 is 1.25 bits per heavy atom. The van der Waals surface area contributed by atoms with Crippen LogP contribution in [-0.4, -0.2) is 21.8 Å². The van der Waals surface area contributed by atoms with Crippen LogP contribution in [0.2, 0.25) is 15.2 Å². The number of pyridine rings is 1. The predicted molar refractivity (Wildman–Crippen MR) is 93.1 cm³/mol. The van der Waals surface area contributed by atoms with Crippen molar-refractivity contribution in [1.82, 2.24) is 4.98 Å². The largest absolute Gasteiger partial charge is 0.476 e. The molecule has 0 saturated heterocycles. The van der Waals surface area contributed by atoms with Gasteiger partial charge in [0.25, 0.3) is 0 Å². The summed E-state index contributed by atoms with van der Waals surface area (Å²) >= 11 is 17.8. The summed E-state index contributed by atoms with van der Waals surface area (Å²) in [6.07, 6.45) is 0.526. The zero-order valence-electron chi connectivity index (χ0n) is 12.3. The van der Waals surface area contributed by atoms with Crippen LogP contribution in [0.15, 0.2) is 29.4 Å². The number of hydrazone groups is 1. The topological polar surface area (TPSA) is 74.6 Å². The number of aromatic carboxylic acids is 1. The number of hydrogen-bond donors (Lipinski definition) is 2. The number of rotatable bonds is 5. The van der Waals surface area contributed by atoms with E-state index in [-0.39, 0.29) is 26.7 Å². The van der Waals surface area contributed by atoms with Gasteiger partial charge in [-0.1, -0.05) is 53.9 Å². The summed E-state index contributed by atoms with van der Waals surface area (Å²) in [5.41, 5.74) is 3.50. The molecule has 0 radical (unpaired) electrons. The van der Waals surface area contributed by atoms with E-state index in [0.717, 1.165) is 0 Å². The molecule has 0 aliphatic carbocycles. The second kappa shape index (κ2) is 7.79. The fraction of sp³-hybridized carbons (Fsp3) is 0.133. The van der Waals surface area contributed by atoms with E-state index in [4.69, 9.17) is 39.9 Å². The van der Waals surface area contributed by atoms with E-state index in [1.54, 1.807) is 12.1 Å². The lowest BCUT2D eigenvalue weighted by Gasteiger charge is -2.11. The van der Waals surface area contributed by atoms with Crippen LogP contribution in [0.25, 0.3) is 0 Å². The average Bonchev–Trinajstić information content (AvgIpc) is 2.55. The Morgan fingerprint density at radius 2 is 1.88 bits per heavy atom. The smallest absolute Gasteiger partial charge is 0.356 e. The number of carboxylic acids is 1. The minimum Gasteiger partial charge on any atom is -0.476 e. The van der Waals surface area contributed by atoms with E-state index < -0.39 is 11.7 Å². The molecule has 0 bridgehead atoms. The van der Waals surface area contributed by atoms with Crippen molar-refractivity contribution in [3.05, 3.63) is 56.5 Å². The number of hydrogen-bond acceptors (Lipinski definition) is 4. The molecule has 2 N–H and O–H groups in total. The molecule has 0 unspecified atom stereocenters. The summed E-state index contributed by atoms with van der Waals surface area (Å²) in [5, 5.41) is 12.8. The number of nitrogens with one attached hydrogen (secondary N) is 1. The van der Waals surface area contributed by atoms with Crippen molar-refractivity contribution in [2.24, 2.45) is 5.10 Å². The maximum Gasteiger partial charge on any atom is 0.356 e. The Morgan fingerprint density at radius 3 is 2.42 bits per heavy atom. The van der Waals surface area contributed by atoms with E-state index >= 15 is 0 Å². The molecular formula is C15H11Cl3FN3O2. The first kappa shape index (κ1) is 18.4. The number of halogens is 4. The number of carboxylic acid groups (broad SMARTS) is 1. The summed E-state index contributed by atoms with van der Waals surface area (Å²) in [6.45, 7) is 1.86. The second-order valence-electron chi connectivity index (χ2n) is 4.59. The zero-order chi connectivity index (χ0) is 17.9. The molecule has 24 heavy (non-hydrogen) atoms.